The van der Waals surface area contributed by atoms with Gasteiger partial charge in [0, 0.05) is 25.7 Å². The summed E-state index contributed by atoms with van der Waals surface area (Å²) in [5.74, 6) is 0.215. The summed E-state index contributed by atoms with van der Waals surface area (Å²) in [6, 6.07) is 0. The number of rotatable bonds is 1. The second kappa shape index (κ2) is 3.09. The summed E-state index contributed by atoms with van der Waals surface area (Å²) in [5, 5.41) is 0. The van der Waals surface area contributed by atoms with Crippen LogP contribution in [-0.2, 0) is 4.79 Å². The highest BCUT2D eigenvalue weighted by molar-refractivity contribution is 6.04. The minimum Gasteiger partial charge on any atom is -0.367 e. The van der Waals surface area contributed by atoms with Crippen LogP contribution in [0.1, 0.15) is 19.3 Å². The summed E-state index contributed by atoms with van der Waals surface area (Å²) in [7, 11) is 0. The van der Waals surface area contributed by atoms with Crippen molar-refractivity contribution < 1.29 is 4.79 Å². The zero-order valence-corrected chi connectivity index (χ0v) is 6.99. The summed E-state index contributed by atoms with van der Waals surface area (Å²) in [6.45, 7) is 2.04. The zero-order chi connectivity index (χ0) is 8.39. The van der Waals surface area contributed by atoms with Gasteiger partial charge in [0.2, 0.25) is 0 Å². The fourth-order valence-electron chi connectivity index (χ4n) is 1.65. The highest BCUT2D eigenvalue weighted by atomic mass is 16.1. The Bertz CT molecular complexity index is 249. The molecule has 0 N–H and O–H groups in total. The van der Waals surface area contributed by atoms with Gasteiger partial charge in [-0.3, -0.25) is 9.79 Å². The van der Waals surface area contributed by atoms with E-state index in [9.17, 15) is 4.79 Å². The lowest BCUT2D eigenvalue weighted by Crippen LogP contribution is -2.25. The molecule has 0 aromatic rings. The largest absolute Gasteiger partial charge is 0.367 e. The van der Waals surface area contributed by atoms with Crippen LogP contribution in [0.3, 0.4) is 0 Å². The lowest BCUT2D eigenvalue weighted by molar-refractivity contribution is -0.115. The second-order valence-corrected chi connectivity index (χ2v) is 3.17. The van der Waals surface area contributed by atoms with Crippen molar-refractivity contribution in [1.29, 1.82) is 0 Å². The maximum atomic E-state index is 11.4. The molecule has 3 nitrogen and oxygen atoms in total. The van der Waals surface area contributed by atoms with Crippen LogP contribution in [0.4, 0.5) is 0 Å². The van der Waals surface area contributed by atoms with Crippen molar-refractivity contribution >= 4 is 12.0 Å². The third kappa shape index (κ3) is 1.26. The molecule has 0 bridgehead atoms. The summed E-state index contributed by atoms with van der Waals surface area (Å²) >= 11 is 0. The molecule has 0 atom stereocenters. The van der Waals surface area contributed by atoms with Gasteiger partial charge in [0.15, 0.2) is 5.78 Å². The van der Waals surface area contributed by atoms with E-state index in [2.05, 4.69) is 9.89 Å². The number of hydrogen-bond acceptors (Lipinski definition) is 3. The van der Waals surface area contributed by atoms with Crippen LogP contribution in [0, 0.1) is 0 Å². The summed E-state index contributed by atoms with van der Waals surface area (Å²) < 4.78 is 0. The first-order valence-electron chi connectivity index (χ1n) is 4.38. The normalized spacial score (nSPS) is 23.2. The van der Waals surface area contributed by atoms with Crippen LogP contribution < -0.4 is 0 Å². The number of aliphatic imine (C=N–C) groups is 1. The zero-order valence-electron chi connectivity index (χ0n) is 6.99. The Balaban J connectivity index is 2.14. The van der Waals surface area contributed by atoms with Gasteiger partial charge in [-0.2, -0.15) is 0 Å². The number of hydrogen-bond donors (Lipinski definition) is 0. The fraction of sp³-hybridized carbons (Fsp3) is 0.556. The summed E-state index contributed by atoms with van der Waals surface area (Å²) in [6.07, 6.45) is 6.24. The van der Waals surface area contributed by atoms with Crippen molar-refractivity contribution in [3.8, 4) is 0 Å². The minimum atomic E-state index is 0.215. The first kappa shape index (κ1) is 7.53. The van der Waals surface area contributed by atoms with Crippen molar-refractivity contribution in [3.63, 3.8) is 0 Å². The molecular weight excluding hydrogens is 152 g/mol. The molecule has 2 aliphatic rings. The van der Waals surface area contributed by atoms with Gasteiger partial charge in [-0.1, -0.05) is 0 Å². The van der Waals surface area contributed by atoms with Crippen molar-refractivity contribution in [1.82, 2.24) is 4.90 Å². The Kier molecular flexibility index (Phi) is 1.94. The van der Waals surface area contributed by atoms with Crippen LogP contribution in [-0.4, -0.2) is 30.0 Å². The first-order chi connectivity index (χ1) is 5.88. The van der Waals surface area contributed by atoms with E-state index in [1.54, 1.807) is 12.4 Å². The van der Waals surface area contributed by atoms with E-state index in [4.69, 9.17) is 0 Å². The lowest BCUT2D eigenvalue weighted by atomic mass is 10.2. The third-order valence-electron chi connectivity index (χ3n) is 2.31. The average Bonchev–Trinajstić information content (AvgIpc) is 2.57. The topological polar surface area (TPSA) is 32.7 Å². The van der Waals surface area contributed by atoms with Gasteiger partial charge >= 0.3 is 0 Å². The van der Waals surface area contributed by atoms with Crippen LogP contribution in [0.5, 0.6) is 0 Å². The molecule has 2 rings (SSSR count). The summed E-state index contributed by atoms with van der Waals surface area (Å²) in [4.78, 5) is 17.5. The number of likely N-dealkylation sites (tertiary alicyclic amines) is 1. The smallest absolute Gasteiger partial charge is 0.185 e. The first-order valence-corrected chi connectivity index (χ1v) is 4.38. The van der Waals surface area contributed by atoms with Crippen LogP contribution in [0.2, 0.25) is 0 Å². The maximum Gasteiger partial charge on any atom is 0.185 e. The molecular formula is C9H12N2O. The predicted molar refractivity (Wildman–Crippen MR) is 47.0 cm³/mol. The highest BCUT2D eigenvalue weighted by Gasteiger charge is 2.21. The maximum absolute atomic E-state index is 11.4. The Hall–Kier alpha value is -1.12. The van der Waals surface area contributed by atoms with E-state index in [-0.39, 0.29) is 5.78 Å². The van der Waals surface area contributed by atoms with Crippen LogP contribution in [0.25, 0.3) is 0 Å². The molecule has 0 aromatic heterocycles. The Morgan fingerprint density at radius 1 is 1.33 bits per heavy atom. The number of allylic oxidation sites excluding steroid dienone is 1. The van der Waals surface area contributed by atoms with Crippen LogP contribution >= 0.6 is 0 Å². The second-order valence-electron chi connectivity index (χ2n) is 3.17. The van der Waals surface area contributed by atoms with E-state index in [0.717, 1.165) is 18.8 Å². The molecule has 0 aliphatic carbocycles. The van der Waals surface area contributed by atoms with Crippen molar-refractivity contribution in [2.75, 3.05) is 13.1 Å². The van der Waals surface area contributed by atoms with Crippen LogP contribution in [0.15, 0.2) is 16.9 Å². The Labute approximate surface area is 71.8 Å². The van der Waals surface area contributed by atoms with Gasteiger partial charge in [-0.05, 0) is 12.8 Å². The quantitative estimate of drug-likeness (QED) is 0.578. The molecule has 64 valence electrons. The number of Topliss-reactive ketones (excluding diaryl/α,β-unsaturated/α-hetero) is 1. The lowest BCUT2D eigenvalue weighted by Gasteiger charge is -2.20. The minimum absolute atomic E-state index is 0.215. The molecule has 1 saturated heterocycles. The van der Waals surface area contributed by atoms with E-state index < -0.39 is 0 Å². The molecule has 12 heavy (non-hydrogen) atoms. The SMILES string of the molecule is O=C1CC=NC=C1N1CCCC1. The molecule has 0 spiro atoms. The molecule has 0 unspecified atom stereocenters. The molecule has 1 fully saturated rings. The highest BCUT2D eigenvalue weighted by Crippen LogP contribution is 2.17. The Morgan fingerprint density at radius 3 is 2.75 bits per heavy atom. The molecule has 2 aliphatic heterocycles. The fourth-order valence-corrected chi connectivity index (χ4v) is 1.65. The molecule has 0 amide bonds. The number of ketones is 1. The van der Waals surface area contributed by atoms with E-state index >= 15 is 0 Å². The van der Waals surface area contributed by atoms with E-state index in [0.29, 0.717) is 6.42 Å². The molecule has 0 radical (unpaired) electrons. The van der Waals surface area contributed by atoms with E-state index in [1.807, 2.05) is 0 Å². The van der Waals surface area contributed by atoms with Crippen molar-refractivity contribution in [3.05, 3.63) is 11.9 Å². The Morgan fingerprint density at radius 2 is 2.08 bits per heavy atom. The van der Waals surface area contributed by atoms with Gasteiger partial charge in [0.1, 0.15) is 0 Å². The molecule has 3 heteroatoms. The van der Waals surface area contributed by atoms with Crippen molar-refractivity contribution in [2.45, 2.75) is 19.3 Å². The van der Waals surface area contributed by atoms with Gasteiger partial charge < -0.3 is 4.90 Å². The van der Waals surface area contributed by atoms with Gasteiger partial charge in [-0.25, -0.2) is 0 Å². The van der Waals surface area contributed by atoms with Crippen molar-refractivity contribution in [2.24, 2.45) is 4.99 Å². The standard InChI is InChI=1S/C9H12N2O/c12-9-3-4-10-7-8(9)11-5-1-2-6-11/h4,7H,1-3,5-6H2. The van der Waals surface area contributed by atoms with Gasteiger partial charge in [-0.15, -0.1) is 0 Å². The predicted octanol–water partition coefficient (Wildman–Crippen LogP) is 0.967. The number of carbonyl (C=O) groups excluding carboxylic acids is 1. The summed E-state index contributed by atoms with van der Waals surface area (Å²) in [5.41, 5.74) is 0.815. The van der Waals surface area contributed by atoms with Gasteiger partial charge in [0.05, 0.1) is 11.9 Å². The molecule has 2 heterocycles. The molecule has 0 aromatic carbocycles. The van der Waals surface area contributed by atoms with E-state index in [1.165, 1.54) is 12.8 Å². The number of carbonyl (C=O) groups is 1. The number of nitrogens with zero attached hydrogens (tertiary/aromatic N) is 2. The monoisotopic (exact) mass is 164 g/mol. The van der Waals surface area contributed by atoms with Gasteiger partial charge in [0.25, 0.3) is 0 Å². The third-order valence-corrected chi connectivity index (χ3v) is 2.31. The molecule has 0 saturated carbocycles. The average molecular weight is 164 g/mol.